The van der Waals surface area contributed by atoms with Crippen LogP contribution < -0.4 is 0 Å². The van der Waals surface area contributed by atoms with Crippen LogP contribution in [0.2, 0.25) is 0 Å². The van der Waals surface area contributed by atoms with E-state index in [0.29, 0.717) is 0 Å². The van der Waals surface area contributed by atoms with E-state index in [0.717, 1.165) is 38.9 Å². The zero-order valence-corrected chi connectivity index (χ0v) is 16.0. The first-order chi connectivity index (χ1) is 11.5. The largest absolute Gasteiger partial charge is 0.465 e. The summed E-state index contributed by atoms with van der Waals surface area (Å²) in [5, 5.41) is 0. The third kappa shape index (κ3) is 9.06. The molecule has 0 aliphatic carbocycles. The average Bonchev–Trinajstić information content (AvgIpc) is 2.52. The van der Waals surface area contributed by atoms with Crippen LogP contribution in [-0.2, 0) is 19.1 Å². The monoisotopic (exact) mass is 341 g/mol. The van der Waals surface area contributed by atoms with Crippen molar-refractivity contribution < 1.29 is 19.1 Å². The number of hydrogen-bond donors (Lipinski definition) is 0. The zero-order chi connectivity index (χ0) is 18.4. The van der Waals surface area contributed by atoms with Gasteiger partial charge in [0.05, 0.1) is 13.2 Å². The molecule has 0 aromatic rings. The molecule has 0 N–H and O–H groups in total. The van der Waals surface area contributed by atoms with Crippen LogP contribution in [0, 0.1) is 11.8 Å². The maximum Gasteiger partial charge on any atom is 0.320 e. The predicted molar refractivity (Wildman–Crippen MR) is 96.7 cm³/mol. The molecule has 5 nitrogen and oxygen atoms in total. The molecule has 0 rings (SSSR count). The van der Waals surface area contributed by atoms with Crippen molar-refractivity contribution >= 4 is 11.9 Å². The van der Waals surface area contributed by atoms with Crippen LogP contribution >= 0.6 is 0 Å². The van der Waals surface area contributed by atoms with E-state index in [-0.39, 0.29) is 19.1 Å². The first-order valence-electron chi connectivity index (χ1n) is 9.23. The molecule has 0 radical (unpaired) electrons. The fourth-order valence-electron chi connectivity index (χ4n) is 2.64. The molecular formula is C19H35NO4. The number of hydrogen-bond acceptors (Lipinski definition) is 5. The molecule has 0 amide bonds. The van der Waals surface area contributed by atoms with Crippen molar-refractivity contribution in [3.05, 3.63) is 12.2 Å². The van der Waals surface area contributed by atoms with Gasteiger partial charge >= 0.3 is 11.9 Å². The summed E-state index contributed by atoms with van der Waals surface area (Å²) in [4.78, 5) is 26.5. The van der Waals surface area contributed by atoms with Crippen LogP contribution in [0.1, 0.15) is 53.9 Å². The van der Waals surface area contributed by atoms with E-state index >= 15 is 0 Å². The summed E-state index contributed by atoms with van der Waals surface area (Å²) in [6, 6.07) is 0. The van der Waals surface area contributed by atoms with E-state index in [1.165, 1.54) is 0 Å². The maximum absolute atomic E-state index is 12.0. The normalized spacial score (nSPS) is 12.8. The summed E-state index contributed by atoms with van der Waals surface area (Å²) >= 11 is 0. The molecule has 0 spiro atoms. The molecule has 140 valence electrons. The van der Waals surface area contributed by atoms with Crippen LogP contribution in [0.25, 0.3) is 0 Å². The Balaban J connectivity index is 4.64. The summed E-state index contributed by atoms with van der Waals surface area (Å²) in [6.07, 6.45) is 7.17. The predicted octanol–water partition coefficient (Wildman–Crippen LogP) is 3.43. The minimum atomic E-state index is -0.886. The SMILES string of the molecule is CCCN(CCC)CC/C=C/C(C)C(C(=O)OCC)C(=O)OCC. The lowest BCUT2D eigenvalue weighted by molar-refractivity contribution is -0.163. The Hall–Kier alpha value is -1.36. The van der Waals surface area contributed by atoms with Crippen molar-refractivity contribution in [1.82, 2.24) is 4.90 Å². The van der Waals surface area contributed by atoms with Gasteiger partial charge in [0.15, 0.2) is 5.92 Å². The van der Waals surface area contributed by atoms with Gasteiger partial charge in [0.1, 0.15) is 0 Å². The minimum Gasteiger partial charge on any atom is -0.465 e. The second-order valence-electron chi connectivity index (χ2n) is 5.90. The van der Waals surface area contributed by atoms with Crippen molar-refractivity contribution in [3.63, 3.8) is 0 Å². The zero-order valence-electron chi connectivity index (χ0n) is 16.0. The van der Waals surface area contributed by atoms with Gasteiger partial charge in [0.25, 0.3) is 0 Å². The molecule has 5 heteroatoms. The highest BCUT2D eigenvalue weighted by molar-refractivity contribution is 5.95. The first kappa shape index (κ1) is 22.6. The molecule has 0 aromatic heterocycles. The molecule has 1 atom stereocenters. The van der Waals surface area contributed by atoms with E-state index in [4.69, 9.17) is 9.47 Å². The maximum atomic E-state index is 12.0. The van der Waals surface area contributed by atoms with Gasteiger partial charge in [-0.3, -0.25) is 9.59 Å². The van der Waals surface area contributed by atoms with Gasteiger partial charge in [0.2, 0.25) is 0 Å². The van der Waals surface area contributed by atoms with E-state index in [1.807, 2.05) is 13.0 Å². The third-order valence-electron chi connectivity index (χ3n) is 3.74. The molecule has 24 heavy (non-hydrogen) atoms. The van der Waals surface area contributed by atoms with Gasteiger partial charge in [0, 0.05) is 6.54 Å². The standard InChI is InChI=1S/C19H35NO4/c1-6-13-20(14-7-2)15-11-10-12-16(5)17(18(21)23-8-3)19(22)24-9-4/h10,12,16-17H,6-9,11,13-15H2,1-5H3/b12-10+. The molecule has 1 unspecified atom stereocenters. The Bertz CT molecular complexity index is 358. The average molecular weight is 341 g/mol. The molecule has 0 aromatic carbocycles. The van der Waals surface area contributed by atoms with E-state index < -0.39 is 17.9 Å². The highest BCUT2D eigenvalue weighted by atomic mass is 16.6. The number of nitrogens with zero attached hydrogens (tertiary/aromatic N) is 1. The lowest BCUT2D eigenvalue weighted by atomic mass is 9.93. The summed E-state index contributed by atoms with van der Waals surface area (Å²) in [5.41, 5.74) is 0. The number of rotatable bonds is 13. The van der Waals surface area contributed by atoms with Crippen LogP contribution in [0.5, 0.6) is 0 Å². The second kappa shape index (κ2) is 14.0. The third-order valence-corrected chi connectivity index (χ3v) is 3.74. The molecule has 0 aliphatic rings. The molecule has 0 saturated carbocycles. The number of esters is 2. The second-order valence-corrected chi connectivity index (χ2v) is 5.90. The quantitative estimate of drug-likeness (QED) is 0.292. The lowest BCUT2D eigenvalue weighted by Crippen LogP contribution is -2.32. The summed E-state index contributed by atoms with van der Waals surface area (Å²) in [5.74, 6) is -2.14. The van der Waals surface area contributed by atoms with Gasteiger partial charge < -0.3 is 14.4 Å². The van der Waals surface area contributed by atoms with Gasteiger partial charge in [-0.1, -0.05) is 32.9 Å². The van der Waals surface area contributed by atoms with Crippen LogP contribution in [0.15, 0.2) is 12.2 Å². The van der Waals surface area contributed by atoms with Crippen molar-refractivity contribution in [1.29, 1.82) is 0 Å². The van der Waals surface area contributed by atoms with Crippen molar-refractivity contribution in [2.24, 2.45) is 11.8 Å². The van der Waals surface area contributed by atoms with Crippen LogP contribution in [0.4, 0.5) is 0 Å². The topological polar surface area (TPSA) is 55.8 Å². The summed E-state index contributed by atoms with van der Waals surface area (Å²) in [7, 11) is 0. The summed E-state index contributed by atoms with van der Waals surface area (Å²) < 4.78 is 10.0. The van der Waals surface area contributed by atoms with Gasteiger partial charge in [-0.15, -0.1) is 0 Å². The van der Waals surface area contributed by atoms with Crippen LogP contribution in [-0.4, -0.2) is 49.7 Å². The molecule has 0 aliphatic heterocycles. The van der Waals surface area contributed by atoms with E-state index in [9.17, 15) is 9.59 Å². The smallest absolute Gasteiger partial charge is 0.320 e. The molecule has 0 fully saturated rings. The fraction of sp³-hybridized carbons (Fsp3) is 0.789. The summed E-state index contributed by atoms with van der Waals surface area (Å²) in [6.45, 7) is 13.4. The highest BCUT2D eigenvalue weighted by Gasteiger charge is 2.33. The number of carbonyl (C=O) groups is 2. The van der Waals surface area contributed by atoms with Gasteiger partial charge in [-0.25, -0.2) is 0 Å². The van der Waals surface area contributed by atoms with Crippen molar-refractivity contribution in [3.8, 4) is 0 Å². The lowest BCUT2D eigenvalue weighted by Gasteiger charge is -2.20. The van der Waals surface area contributed by atoms with Crippen LogP contribution in [0.3, 0.4) is 0 Å². The van der Waals surface area contributed by atoms with Gasteiger partial charge in [-0.2, -0.15) is 0 Å². The molecular weight excluding hydrogens is 306 g/mol. The van der Waals surface area contributed by atoms with E-state index in [2.05, 4.69) is 24.8 Å². The number of allylic oxidation sites excluding steroid dienone is 1. The fourth-order valence-corrected chi connectivity index (χ4v) is 2.64. The Morgan fingerprint density at radius 3 is 1.83 bits per heavy atom. The Morgan fingerprint density at radius 2 is 1.42 bits per heavy atom. The van der Waals surface area contributed by atoms with Crippen molar-refractivity contribution in [2.75, 3.05) is 32.8 Å². The number of ether oxygens (including phenoxy) is 2. The molecule has 0 saturated heterocycles. The highest BCUT2D eigenvalue weighted by Crippen LogP contribution is 2.18. The Kier molecular flexibility index (Phi) is 13.2. The number of carbonyl (C=O) groups excluding carboxylic acids is 2. The first-order valence-corrected chi connectivity index (χ1v) is 9.23. The molecule has 0 bridgehead atoms. The Labute approximate surface area is 147 Å². The minimum absolute atomic E-state index is 0.242. The Morgan fingerprint density at radius 1 is 0.917 bits per heavy atom. The van der Waals surface area contributed by atoms with Crippen molar-refractivity contribution in [2.45, 2.75) is 53.9 Å². The van der Waals surface area contributed by atoms with E-state index in [1.54, 1.807) is 13.8 Å². The molecule has 0 heterocycles. The van der Waals surface area contributed by atoms with Gasteiger partial charge in [-0.05, 0) is 52.1 Å².